The molecule has 0 spiro atoms. The highest BCUT2D eigenvalue weighted by Gasteiger charge is 2.47. The Bertz CT molecular complexity index is 1040. The van der Waals surface area contributed by atoms with Crippen molar-refractivity contribution in [3.63, 3.8) is 0 Å². The second kappa shape index (κ2) is 7.56. The molecule has 0 saturated heterocycles. The summed E-state index contributed by atoms with van der Waals surface area (Å²) in [6.45, 7) is 2.87. The van der Waals surface area contributed by atoms with Crippen molar-refractivity contribution in [2.45, 2.75) is 23.6 Å². The molecule has 2 aromatic rings. The number of carbonyl (C=O) groups excluding carboxylic acids is 2. The smallest absolute Gasteiger partial charge is 0.244 e. The Hall–Kier alpha value is -2.38. The number of thioether (sulfide) groups is 1. The lowest BCUT2D eigenvalue weighted by Crippen LogP contribution is -2.40. The van der Waals surface area contributed by atoms with E-state index in [9.17, 15) is 18.0 Å². The van der Waals surface area contributed by atoms with Crippen LogP contribution in [0.4, 0.5) is 0 Å². The Balaban J connectivity index is 2.00. The predicted octanol–water partition coefficient (Wildman–Crippen LogP) is 3.62. The molecule has 3 rings (SSSR count). The fourth-order valence-electron chi connectivity index (χ4n) is 3.29. The van der Waals surface area contributed by atoms with Gasteiger partial charge < -0.3 is 0 Å². The lowest BCUT2D eigenvalue weighted by Gasteiger charge is -2.23. The van der Waals surface area contributed by atoms with E-state index in [1.165, 1.54) is 18.7 Å². The quantitative estimate of drug-likeness (QED) is 0.698. The number of benzene rings is 2. The summed E-state index contributed by atoms with van der Waals surface area (Å²) >= 11 is 1.52. The van der Waals surface area contributed by atoms with E-state index in [-0.39, 0.29) is 4.90 Å². The van der Waals surface area contributed by atoms with E-state index in [2.05, 4.69) is 0 Å². The van der Waals surface area contributed by atoms with E-state index in [1.807, 2.05) is 12.3 Å². The van der Waals surface area contributed by atoms with Gasteiger partial charge in [0.1, 0.15) is 0 Å². The van der Waals surface area contributed by atoms with Crippen molar-refractivity contribution in [1.82, 2.24) is 4.90 Å². The number of imide groups is 1. The minimum Gasteiger partial charge on any atom is -0.274 e. The SMILES string of the molecule is CSc1ccc(S(=O)(=O)CC2(C)C=C(c3ccccc3)N(C(C)=O)C2=O)cc1. The zero-order valence-electron chi connectivity index (χ0n) is 15.9. The van der Waals surface area contributed by atoms with Gasteiger partial charge in [-0.3, -0.25) is 9.59 Å². The first kappa shape index (κ1) is 20.4. The first-order valence-corrected chi connectivity index (χ1v) is 11.6. The predicted molar refractivity (Wildman–Crippen MR) is 110 cm³/mol. The summed E-state index contributed by atoms with van der Waals surface area (Å²) in [5.41, 5.74) is -0.210. The maximum absolute atomic E-state index is 13.0. The minimum absolute atomic E-state index is 0.162. The third-order valence-electron chi connectivity index (χ3n) is 4.68. The van der Waals surface area contributed by atoms with Gasteiger partial charge in [0, 0.05) is 11.8 Å². The zero-order valence-corrected chi connectivity index (χ0v) is 17.5. The van der Waals surface area contributed by atoms with Crippen molar-refractivity contribution < 1.29 is 18.0 Å². The first-order valence-electron chi connectivity index (χ1n) is 8.68. The lowest BCUT2D eigenvalue weighted by atomic mass is 9.93. The highest BCUT2D eigenvalue weighted by Crippen LogP contribution is 2.39. The van der Waals surface area contributed by atoms with Crippen molar-refractivity contribution in [3.05, 3.63) is 66.2 Å². The molecule has 1 atom stereocenters. The second-order valence-electron chi connectivity index (χ2n) is 6.91. The Morgan fingerprint density at radius 1 is 1.07 bits per heavy atom. The van der Waals surface area contributed by atoms with Crippen molar-refractivity contribution >= 4 is 39.1 Å². The number of hydrogen-bond donors (Lipinski definition) is 0. The van der Waals surface area contributed by atoms with Gasteiger partial charge in [0.2, 0.25) is 11.8 Å². The molecule has 0 fully saturated rings. The highest BCUT2D eigenvalue weighted by atomic mass is 32.2. The second-order valence-corrected chi connectivity index (χ2v) is 9.78. The molecule has 0 bridgehead atoms. The van der Waals surface area contributed by atoms with Crippen molar-refractivity contribution in [1.29, 1.82) is 0 Å². The topological polar surface area (TPSA) is 71.5 Å². The molecule has 0 N–H and O–H groups in total. The Kier molecular flexibility index (Phi) is 5.50. The molecule has 28 heavy (non-hydrogen) atoms. The van der Waals surface area contributed by atoms with Crippen molar-refractivity contribution in [2.24, 2.45) is 5.41 Å². The van der Waals surface area contributed by atoms with Crippen LogP contribution in [0.5, 0.6) is 0 Å². The third-order valence-corrected chi connectivity index (χ3v) is 7.39. The number of nitrogens with zero attached hydrogens (tertiary/aromatic N) is 1. The third kappa shape index (κ3) is 3.77. The van der Waals surface area contributed by atoms with Crippen LogP contribution in [0, 0.1) is 5.41 Å². The van der Waals surface area contributed by atoms with E-state index < -0.39 is 32.8 Å². The summed E-state index contributed by atoms with van der Waals surface area (Å²) in [7, 11) is -3.73. The maximum atomic E-state index is 13.0. The van der Waals surface area contributed by atoms with Gasteiger partial charge in [-0.25, -0.2) is 13.3 Å². The minimum atomic E-state index is -3.73. The molecule has 2 amide bonds. The van der Waals surface area contributed by atoms with Gasteiger partial charge >= 0.3 is 0 Å². The van der Waals surface area contributed by atoms with Crippen LogP contribution in [0.3, 0.4) is 0 Å². The number of hydrogen-bond acceptors (Lipinski definition) is 5. The first-order chi connectivity index (χ1) is 13.2. The molecule has 1 heterocycles. The molecule has 1 aliphatic heterocycles. The number of amides is 2. The van der Waals surface area contributed by atoms with Crippen LogP contribution in [0.1, 0.15) is 19.4 Å². The summed E-state index contributed by atoms with van der Waals surface area (Å²) in [6.07, 6.45) is 3.51. The van der Waals surface area contributed by atoms with E-state index in [0.717, 1.165) is 9.80 Å². The van der Waals surface area contributed by atoms with Gasteiger partial charge in [0.05, 0.1) is 21.8 Å². The molecule has 0 aliphatic carbocycles. The van der Waals surface area contributed by atoms with E-state index >= 15 is 0 Å². The van der Waals surface area contributed by atoms with Gasteiger partial charge in [0.25, 0.3) is 0 Å². The van der Waals surface area contributed by atoms with Crippen LogP contribution in [0.15, 0.2) is 70.5 Å². The Morgan fingerprint density at radius 2 is 1.68 bits per heavy atom. The van der Waals surface area contributed by atoms with Crippen LogP contribution in [-0.4, -0.2) is 37.1 Å². The fraction of sp³-hybridized carbons (Fsp3) is 0.238. The standard InChI is InChI=1S/C21H21NO4S2/c1-15(23)22-19(16-7-5-4-6-8-16)13-21(2,20(22)24)14-28(25,26)18-11-9-17(27-3)10-12-18/h4-13H,14H2,1-3H3. The van der Waals surface area contributed by atoms with Gasteiger partial charge in [0.15, 0.2) is 9.84 Å². The van der Waals surface area contributed by atoms with Gasteiger partial charge in [-0.15, -0.1) is 11.8 Å². The van der Waals surface area contributed by atoms with Gasteiger partial charge in [-0.1, -0.05) is 30.3 Å². The number of rotatable bonds is 5. The molecule has 1 unspecified atom stereocenters. The Labute approximate surface area is 169 Å². The molecular weight excluding hydrogens is 394 g/mol. The zero-order chi connectivity index (χ0) is 20.5. The summed E-state index contributed by atoms with van der Waals surface area (Å²) in [5, 5.41) is 0. The molecule has 5 nitrogen and oxygen atoms in total. The molecule has 0 radical (unpaired) electrons. The summed E-state index contributed by atoms with van der Waals surface area (Å²) in [4.78, 5) is 27.4. The molecular formula is C21H21NO4S2. The molecule has 0 saturated carbocycles. The molecule has 2 aromatic carbocycles. The van der Waals surface area contributed by atoms with Crippen LogP contribution < -0.4 is 0 Å². The Morgan fingerprint density at radius 3 is 2.21 bits per heavy atom. The normalized spacial score (nSPS) is 19.6. The molecule has 1 aliphatic rings. The largest absolute Gasteiger partial charge is 0.274 e. The van der Waals surface area contributed by atoms with Crippen LogP contribution in [0.2, 0.25) is 0 Å². The van der Waals surface area contributed by atoms with Crippen LogP contribution in [0.25, 0.3) is 5.70 Å². The summed E-state index contributed by atoms with van der Waals surface area (Å²) in [5.74, 6) is -1.37. The maximum Gasteiger partial charge on any atom is 0.244 e. The number of sulfone groups is 1. The van der Waals surface area contributed by atoms with E-state index in [4.69, 9.17) is 0 Å². The molecule has 0 aromatic heterocycles. The highest BCUT2D eigenvalue weighted by molar-refractivity contribution is 7.98. The molecule has 7 heteroatoms. The average molecular weight is 416 g/mol. The van der Waals surface area contributed by atoms with Gasteiger partial charge in [-0.2, -0.15) is 0 Å². The van der Waals surface area contributed by atoms with Crippen molar-refractivity contribution in [2.75, 3.05) is 12.0 Å². The fourth-order valence-corrected chi connectivity index (χ4v) is 5.41. The summed E-state index contributed by atoms with van der Waals surface area (Å²) in [6, 6.07) is 15.6. The average Bonchev–Trinajstić information content (AvgIpc) is 2.93. The van der Waals surface area contributed by atoms with E-state index in [0.29, 0.717) is 11.3 Å². The van der Waals surface area contributed by atoms with Crippen LogP contribution >= 0.6 is 11.8 Å². The van der Waals surface area contributed by atoms with Crippen LogP contribution in [-0.2, 0) is 19.4 Å². The molecule has 146 valence electrons. The van der Waals surface area contributed by atoms with Crippen molar-refractivity contribution in [3.8, 4) is 0 Å². The van der Waals surface area contributed by atoms with Gasteiger partial charge in [-0.05, 0) is 49.1 Å². The monoisotopic (exact) mass is 415 g/mol. The van der Waals surface area contributed by atoms with E-state index in [1.54, 1.807) is 61.5 Å². The number of carbonyl (C=O) groups is 2. The summed E-state index contributed by atoms with van der Waals surface area (Å²) < 4.78 is 25.9. The lowest BCUT2D eigenvalue weighted by molar-refractivity contribution is -0.142.